The van der Waals surface area contributed by atoms with E-state index in [1.54, 1.807) is 11.8 Å². The molecule has 1 saturated heterocycles. The van der Waals surface area contributed by atoms with Crippen LogP contribution in [0, 0.1) is 13.8 Å². The summed E-state index contributed by atoms with van der Waals surface area (Å²) in [7, 11) is 0. The lowest BCUT2D eigenvalue weighted by Gasteiger charge is -2.35. The van der Waals surface area contributed by atoms with Gasteiger partial charge >= 0.3 is 0 Å². The number of benzene rings is 2. The normalized spacial score (nSPS) is 15.1. The van der Waals surface area contributed by atoms with Crippen molar-refractivity contribution in [2.24, 2.45) is 0 Å². The number of hydrogen-bond donors (Lipinski definition) is 1. The molecule has 4 rings (SSSR count). The summed E-state index contributed by atoms with van der Waals surface area (Å²) in [6, 6.07) is 15.6. The molecule has 34 heavy (non-hydrogen) atoms. The number of amides is 2. The van der Waals surface area contributed by atoms with Crippen LogP contribution >= 0.6 is 11.3 Å². The summed E-state index contributed by atoms with van der Waals surface area (Å²) in [6.07, 6.45) is -0.558. The van der Waals surface area contributed by atoms with E-state index in [9.17, 15) is 9.59 Å². The Morgan fingerprint density at radius 1 is 1.03 bits per heavy atom. The van der Waals surface area contributed by atoms with E-state index >= 15 is 0 Å². The fourth-order valence-corrected chi connectivity index (χ4v) is 4.66. The van der Waals surface area contributed by atoms with Gasteiger partial charge in [0.25, 0.3) is 5.91 Å². The number of rotatable bonds is 7. The topological polar surface area (TPSA) is 87.7 Å². The number of nitrogens with one attached hydrogen (secondary N) is 1. The van der Waals surface area contributed by atoms with E-state index in [1.807, 2.05) is 67.3 Å². The molecule has 1 atom stereocenters. The predicted molar refractivity (Wildman–Crippen MR) is 133 cm³/mol. The second kappa shape index (κ2) is 10.8. The summed E-state index contributed by atoms with van der Waals surface area (Å²) < 4.78 is 5.80. The Labute approximate surface area is 203 Å². The van der Waals surface area contributed by atoms with Crippen LogP contribution in [0.1, 0.15) is 18.1 Å². The lowest BCUT2D eigenvalue weighted by Crippen LogP contribution is -2.53. The third-order valence-electron chi connectivity index (χ3n) is 5.78. The second-order valence-corrected chi connectivity index (χ2v) is 9.43. The highest BCUT2D eigenvalue weighted by Crippen LogP contribution is 2.28. The van der Waals surface area contributed by atoms with E-state index in [0.29, 0.717) is 37.1 Å². The third kappa shape index (κ3) is 5.98. The van der Waals surface area contributed by atoms with Gasteiger partial charge in [0.15, 0.2) is 6.10 Å². The van der Waals surface area contributed by atoms with Crippen LogP contribution < -0.4 is 10.1 Å². The summed E-state index contributed by atoms with van der Waals surface area (Å²) in [4.78, 5) is 29.1. The monoisotopic (exact) mass is 479 g/mol. The number of hydrogen-bond acceptors (Lipinski definition) is 7. The number of carbonyl (C=O) groups excluding carboxylic acids is 2. The molecule has 0 unspecified atom stereocenters. The Bertz CT molecular complexity index is 1140. The molecule has 178 valence electrons. The van der Waals surface area contributed by atoms with Gasteiger partial charge in [-0.3, -0.25) is 19.8 Å². The first-order valence-electron chi connectivity index (χ1n) is 11.3. The first-order chi connectivity index (χ1) is 16.4. The molecule has 2 heterocycles. The number of piperazine rings is 1. The fourth-order valence-electron chi connectivity index (χ4n) is 3.81. The van der Waals surface area contributed by atoms with Crippen molar-refractivity contribution in [1.29, 1.82) is 0 Å². The fraction of sp³-hybridized carbons (Fsp3) is 0.360. The van der Waals surface area contributed by atoms with Gasteiger partial charge in [0, 0.05) is 31.7 Å². The zero-order chi connectivity index (χ0) is 24.1. The lowest BCUT2D eigenvalue weighted by molar-refractivity contribution is -0.139. The Morgan fingerprint density at radius 3 is 2.44 bits per heavy atom. The maximum Gasteiger partial charge on any atom is 0.263 e. The highest BCUT2D eigenvalue weighted by Gasteiger charge is 2.27. The average molecular weight is 480 g/mol. The molecule has 2 amide bonds. The zero-order valence-electron chi connectivity index (χ0n) is 19.7. The maximum atomic E-state index is 12.8. The Hall–Kier alpha value is -3.30. The van der Waals surface area contributed by atoms with Crippen LogP contribution in [0.4, 0.5) is 5.13 Å². The molecule has 0 saturated carbocycles. The molecular formula is C25H29N5O3S. The van der Waals surface area contributed by atoms with Crippen molar-refractivity contribution >= 4 is 28.3 Å². The molecule has 0 bridgehead atoms. The first-order valence-corrected chi connectivity index (χ1v) is 12.1. The minimum Gasteiger partial charge on any atom is -0.481 e. The van der Waals surface area contributed by atoms with Crippen molar-refractivity contribution in [3.63, 3.8) is 0 Å². The van der Waals surface area contributed by atoms with Crippen molar-refractivity contribution in [2.75, 3.05) is 38.0 Å². The van der Waals surface area contributed by atoms with Gasteiger partial charge in [0.2, 0.25) is 11.0 Å². The van der Waals surface area contributed by atoms with E-state index in [0.717, 1.165) is 21.7 Å². The van der Waals surface area contributed by atoms with Gasteiger partial charge in [-0.2, -0.15) is 0 Å². The molecule has 1 aliphatic heterocycles. The lowest BCUT2D eigenvalue weighted by atomic mass is 10.1. The molecule has 1 fully saturated rings. The summed E-state index contributed by atoms with van der Waals surface area (Å²) in [5, 5.41) is 12.4. The molecular weight excluding hydrogens is 450 g/mol. The molecule has 1 N–H and O–H groups in total. The van der Waals surface area contributed by atoms with Gasteiger partial charge in [-0.25, -0.2) is 0 Å². The van der Waals surface area contributed by atoms with Crippen LogP contribution in [0.15, 0.2) is 48.5 Å². The number of aryl methyl sites for hydroxylation is 2. The smallest absolute Gasteiger partial charge is 0.263 e. The van der Waals surface area contributed by atoms with Crippen molar-refractivity contribution < 1.29 is 14.3 Å². The van der Waals surface area contributed by atoms with E-state index < -0.39 is 6.10 Å². The Morgan fingerprint density at radius 2 is 1.74 bits per heavy atom. The number of aromatic nitrogens is 2. The quantitative estimate of drug-likeness (QED) is 0.559. The van der Waals surface area contributed by atoms with Crippen molar-refractivity contribution in [2.45, 2.75) is 26.9 Å². The number of ether oxygens (including phenoxy) is 1. The SMILES string of the molecule is Cc1ccc(O[C@H](C)C(=O)N2CCN(CC(=O)Nc3nnc(-c4ccccc4C)s3)CC2)cc1. The molecule has 0 aliphatic carbocycles. The Kier molecular flexibility index (Phi) is 7.54. The zero-order valence-corrected chi connectivity index (χ0v) is 20.5. The minimum absolute atomic E-state index is 0.0396. The van der Waals surface area contributed by atoms with Crippen molar-refractivity contribution in [3.8, 4) is 16.3 Å². The van der Waals surface area contributed by atoms with Gasteiger partial charge in [-0.05, 0) is 38.5 Å². The summed E-state index contributed by atoms with van der Waals surface area (Å²) in [6.45, 7) is 8.42. The number of carbonyl (C=O) groups is 2. The molecule has 2 aromatic carbocycles. The van der Waals surface area contributed by atoms with Crippen LogP contribution in [0.25, 0.3) is 10.6 Å². The van der Waals surface area contributed by atoms with E-state index in [4.69, 9.17) is 4.74 Å². The second-order valence-electron chi connectivity index (χ2n) is 8.45. The minimum atomic E-state index is -0.558. The van der Waals surface area contributed by atoms with Gasteiger partial charge in [-0.15, -0.1) is 10.2 Å². The molecule has 3 aromatic rings. The van der Waals surface area contributed by atoms with Gasteiger partial charge in [0.05, 0.1) is 6.54 Å². The third-order valence-corrected chi connectivity index (χ3v) is 6.65. The molecule has 1 aromatic heterocycles. The molecule has 8 nitrogen and oxygen atoms in total. The van der Waals surface area contributed by atoms with Crippen molar-refractivity contribution in [1.82, 2.24) is 20.0 Å². The predicted octanol–water partition coefficient (Wildman–Crippen LogP) is 3.37. The van der Waals surface area contributed by atoms with E-state index in [1.165, 1.54) is 11.3 Å². The van der Waals surface area contributed by atoms with Crippen LogP contribution in [0.2, 0.25) is 0 Å². The van der Waals surface area contributed by atoms with Crippen LogP contribution in [0.3, 0.4) is 0 Å². The van der Waals surface area contributed by atoms with Crippen LogP contribution in [-0.2, 0) is 9.59 Å². The largest absolute Gasteiger partial charge is 0.481 e. The average Bonchev–Trinajstić information content (AvgIpc) is 3.28. The molecule has 9 heteroatoms. The van der Waals surface area contributed by atoms with E-state index in [2.05, 4.69) is 15.5 Å². The molecule has 0 spiro atoms. The van der Waals surface area contributed by atoms with E-state index in [-0.39, 0.29) is 18.4 Å². The summed E-state index contributed by atoms with van der Waals surface area (Å²) >= 11 is 1.36. The Balaban J connectivity index is 1.23. The maximum absolute atomic E-state index is 12.8. The van der Waals surface area contributed by atoms with Gasteiger partial charge < -0.3 is 9.64 Å². The first kappa shape index (κ1) is 23.8. The van der Waals surface area contributed by atoms with Gasteiger partial charge in [-0.1, -0.05) is 53.3 Å². The standard InChI is InChI=1S/C25H29N5O3S/c1-17-8-10-20(11-9-17)33-19(3)24(32)30-14-12-29(13-15-30)16-22(31)26-25-28-27-23(34-25)21-7-5-4-6-18(21)2/h4-11,19H,12-16H2,1-3H3,(H,26,28,31)/t19-/m1/s1. The highest BCUT2D eigenvalue weighted by atomic mass is 32.1. The number of nitrogens with zero attached hydrogens (tertiary/aromatic N) is 4. The van der Waals surface area contributed by atoms with Crippen LogP contribution in [-0.4, -0.2) is 70.6 Å². The van der Waals surface area contributed by atoms with Crippen LogP contribution in [0.5, 0.6) is 5.75 Å². The molecule has 1 aliphatic rings. The summed E-state index contributed by atoms with van der Waals surface area (Å²) in [5.41, 5.74) is 3.27. The highest BCUT2D eigenvalue weighted by molar-refractivity contribution is 7.18. The van der Waals surface area contributed by atoms with Crippen molar-refractivity contribution in [3.05, 3.63) is 59.7 Å². The summed E-state index contributed by atoms with van der Waals surface area (Å²) in [5.74, 6) is 0.509. The molecule has 0 radical (unpaired) electrons. The van der Waals surface area contributed by atoms with Gasteiger partial charge in [0.1, 0.15) is 10.8 Å². The number of anilines is 1.